The fourth-order valence-electron chi connectivity index (χ4n) is 4.24. The Morgan fingerprint density at radius 3 is 2.54 bits per heavy atom. The van der Waals surface area contributed by atoms with Crippen LogP contribution in [0.25, 0.3) is 0 Å². The van der Waals surface area contributed by atoms with Gasteiger partial charge in [0, 0.05) is 0 Å². The molecule has 26 heavy (non-hydrogen) atoms. The van der Waals surface area contributed by atoms with Crippen LogP contribution in [0.15, 0.2) is 29.2 Å². The van der Waals surface area contributed by atoms with Crippen molar-refractivity contribution in [2.24, 2.45) is 0 Å². The van der Waals surface area contributed by atoms with Gasteiger partial charge in [0.1, 0.15) is 18.2 Å². The molecule has 7 nitrogen and oxygen atoms in total. The van der Waals surface area contributed by atoms with Gasteiger partial charge in [0.05, 0.1) is 24.6 Å². The molecule has 8 heteroatoms. The average molecular weight is 384 g/mol. The highest BCUT2D eigenvalue weighted by Crippen LogP contribution is 2.31. The number of rotatable bonds is 4. The van der Waals surface area contributed by atoms with Gasteiger partial charge in [-0.2, -0.15) is 8.42 Å². The minimum atomic E-state index is -4.02. The van der Waals surface area contributed by atoms with Crippen molar-refractivity contribution in [2.45, 2.75) is 61.7 Å². The van der Waals surface area contributed by atoms with Crippen LogP contribution < -0.4 is 4.90 Å². The molecule has 3 saturated heterocycles. The lowest BCUT2D eigenvalue weighted by Crippen LogP contribution is -3.19. The van der Waals surface area contributed by atoms with Crippen LogP contribution in [0.1, 0.15) is 24.8 Å². The summed E-state index contributed by atoms with van der Waals surface area (Å²) in [6.45, 7) is 4.14. The second kappa shape index (κ2) is 7.18. The summed E-state index contributed by atoms with van der Waals surface area (Å²) in [7, 11) is -4.02. The van der Waals surface area contributed by atoms with E-state index >= 15 is 0 Å². The molecule has 4 rings (SSSR count). The first-order chi connectivity index (χ1) is 12.5. The molecule has 144 valence electrons. The fourth-order valence-corrected chi connectivity index (χ4v) is 5.32. The highest BCUT2D eigenvalue weighted by atomic mass is 32.2. The summed E-state index contributed by atoms with van der Waals surface area (Å²) in [4.78, 5) is 1.32. The van der Waals surface area contributed by atoms with E-state index in [0.717, 1.165) is 31.5 Å². The van der Waals surface area contributed by atoms with E-state index in [1.807, 2.05) is 6.92 Å². The van der Waals surface area contributed by atoms with Crippen molar-refractivity contribution in [1.29, 1.82) is 0 Å². The third-order valence-electron chi connectivity index (χ3n) is 5.62. The van der Waals surface area contributed by atoms with E-state index in [-0.39, 0.29) is 17.0 Å². The zero-order chi connectivity index (χ0) is 18.3. The summed E-state index contributed by atoms with van der Waals surface area (Å²) in [5.74, 6) is 0. The Bertz CT molecular complexity index is 731. The van der Waals surface area contributed by atoms with E-state index < -0.39 is 28.6 Å². The number of nitrogens with one attached hydrogen (secondary N) is 1. The zero-order valence-corrected chi connectivity index (χ0v) is 15.7. The number of hydrogen-bond acceptors (Lipinski definition) is 6. The minimum absolute atomic E-state index is 0.0669. The lowest BCUT2D eigenvalue weighted by atomic mass is 9.94. The fraction of sp³-hybridized carbons (Fsp3) is 0.667. The summed E-state index contributed by atoms with van der Waals surface area (Å²) < 4.78 is 42.2. The Labute approximate surface area is 154 Å². The van der Waals surface area contributed by atoms with Gasteiger partial charge in [-0.05, 0) is 38.3 Å². The standard InChI is InChI=1S/C18H25NO6S/c1-12-5-7-13(8-6-12)26(21,22)25-17-16(20)15(14-11-23-18(17)24-14)19-9-3-2-4-10-19/h5-8,14-18,20H,2-4,9-11H2,1H3/p+1/t14-,15+,16+,17+,18-/m1/s1. The molecule has 2 bridgehead atoms. The number of aliphatic hydroxyl groups is 1. The van der Waals surface area contributed by atoms with E-state index in [4.69, 9.17) is 13.7 Å². The molecule has 0 radical (unpaired) electrons. The van der Waals surface area contributed by atoms with Crippen LogP contribution in [0.5, 0.6) is 0 Å². The van der Waals surface area contributed by atoms with Gasteiger partial charge in [-0.1, -0.05) is 17.7 Å². The summed E-state index contributed by atoms with van der Waals surface area (Å²) in [6, 6.07) is 6.21. The molecule has 0 aromatic heterocycles. The van der Waals surface area contributed by atoms with Crippen molar-refractivity contribution in [2.75, 3.05) is 19.7 Å². The Hall–Kier alpha value is -1.03. The van der Waals surface area contributed by atoms with Crippen molar-refractivity contribution in [3.8, 4) is 0 Å². The first kappa shape index (κ1) is 18.3. The van der Waals surface area contributed by atoms with E-state index in [1.54, 1.807) is 12.1 Å². The van der Waals surface area contributed by atoms with Gasteiger partial charge < -0.3 is 19.5 Å². The molecule has 0 saturated carbocycles. The summed E-state index contributed by atoms with van der Waals surface area (Å²) >= 11 is 0. The second-order valence-electron chi connectivity index (χ2n) is 7.44. The molecule has 3 aliphatic rings. The molecule has 3 fully saturated rings. The summed E-state index contributed by atoms with van der Waals surface area (Å²) in [5, 5.41) is 10.9. The minimum Gasteiger partial charge on any atom is -0.384 e. The maximum Gasteiger partial charge on any atom is 0.297 e. The van der Waals surface area contributed by atoms with Crippen molar-refractivity contribution >= 4 is 10.1 Å². The maximum atomic E-state index is 12.7. The van der Waals surface area contributed by atoms with Crippen LogP contribution in [0.2, 0.25) is 0 Å². The van der Waals surface area contributed by atoms with Crippen molar-refractivity contribution < 1.29 is 32.1 Å². The van der Waals surface area contributed by atoms with E-state index in [1.165, 1.54) is 23.5 Å². The van der Waals surface area contributed by atoms with Gasteiger partial charge in [-0.15, -0.1) is 0 Å². The molecule has 1 aromatic carbocycles. The van der Waals surface area contributed by atoms with Crippen LogP contribution in [0.3, 0.4) is 0 Å². The topological polar surface area (TPSA) is 86.5 Å². The average Bonchev–Trinajstić information content (AvgIpc) is 3.06. The molecule has 3 aliphatic heterocycles. The normalized spacial score (nSPS) is 35.5. The number of fused-ring (bicyclic) bond motifs is 2. The quantitative estimate of drug-likeness (QED) is 0.689. The molecule has 1 aromatic rings. The van der Waals surface area contributed by atoms with Gasteiger partial charge in [0.25, 0.3) is 10.1 Å². The van der Waals surface area contributed by atoms with Crippen LogP contribution in [-0.2, 0) is 23.8 Å². The predicted octanol–water partition coefficient (Wildman–Crippen LogP) is -0.378. The maximum absolute atomic E-state index is 12.7. The molecular weight excluding hydrogens is 358 g/mol. The monoisotopic (exact) mass is 384 g/mol. The lowest BCUT2D eigenvalue weighted by molar-refractivity contribution is -0.938. The molecule has 3 heterocycles. The van der Waals surface area contributed by atoms with E-state index in [9.17, 15) is 13.5 Å². The summed E-state index contributed by atoms with van der Waals surface area (Å²) in [5.41, 5.74) is 0.959. The Morgan fingerprint density at radius 1 is 1.15 bits per heavy atom. The molecule has 5 atom stereocenters. The van der Waals surface area contributed by atoms with Crippen molar-refractivity contribution in [1.82, 2.24) is 0 Å². The van der Waals surface area contributed by atoms with Gasteiger partial charge >= 0.3 is 0 Å². The first-order valence-electron chi connectivity index (χ1n) is 9.25. The number of aliphatic hydroxyl groups excluding tert-OH is 1. The lowest BCUT2D eigenvalue weighted by Gasteiger charge is -2.41. The zero-order valence-electron chi connectivity index (χ0n) is 14.8. The van der Waals surface area contributed by atoms with Crippen LogP contribution in [0, 0.1) is 6.92 Å². The molecule has 2 N–H and O–H groups in total. The highest BCUT2D eigenvalue weighted by Gasteiger charge is 2.56. The third-order valence-corrected chi connectivity index (χ3v) is 6.95. The van der Waals surface area contributed by atoms with Crippen molar-refractivity contribution in [3.63, 3.8) is 0 Å². The molecule has 0 amide bonds. The molecule has 0 spiro atoms. The SMILES string of the molecule is Cc1ccc(S(=O)(=O)O[C@@H]2[C@@H]3OC[C@@H](O3)[C@H]([NH+]3CCCCC3)[C@@H]2O)cc1. The third kappa shape index (κ3) is 3.42. The van der Waals surface area contributed by atoms with Gasteiger partial charge in [0.15, 0.2) is 12.4 Å². The number of piperidine rings is 1. The number of aryl methyl sites for hydroxylation is 1. The number of hydrogen-bond donors (Lipinski definition) is 2. The van der Waals surface area contributed by atoms with Gasteiger partial charge in [0.2, 0.25) is 0 Å². The van der Waals surface area contributed by atoms with Crippen LogP contribution in [-0.4, -0.2) is 63.9 Å². The number of quaternary nitrogens is 1. The smallest absolute Gasteiger partial charge is 0.297 e. The van der Waals surface area contributed by atoms with Crippen LogP contribution >= 0.6 is 0 Å². The Morgan fingerprint density at radius 2 is 1.85 bits per heavy atom. The molecular formula is C18H26NO6S+. The predicted molar refractivity (Wildman–Crippen MR) is 92.2 cm³/mol. The number of likely N-dealkylation sites (tertiary alicyclic amines) is 1. The van der Waals surface area contributed by atoms with Crippen LogP contribution in [0.4, 0.5) is 0 Å². The summed E-state index contributed by atoms with van der Waals surface area (Å²) in [6.07, 6.45) is 0.319. The number of benzene rings is 1. The Kier molecular flexibility index (Phi) is 5.06. The Balaban J connectivity index is 1.56. The molecule has 0 unspecified atom stereocenters. The van der Waals surface area contributed by atoms with E-state index in [0.29, 0.717) is 6.61 Å². The van der Waals surface area contributed by atoms with Gasteiger partial charge in [-0.25, -0.2) is 0 Å². The first-order valence-corrected chi connectivity index (χ1v) is 10.7. The van der Waals surface area contributed by atoms with E-state index in [2.05, 4.69) is 0 Å². The van der Waals surface area contributed by atoms with Crippen molar-refractivity contribution in [3.05, 3.63) is 29.8 Å². The second-order valence-corrected chi connectivity index (χ2v) is 9.01. The molecule has 0 aliphatic carbocycles. The van der Waals surface area contributed by atoms with Gasteiger partial charge in [-0.3, -0.25) is 4.18 Å². The number of ether oxygens (including phenoxy) is 2. The highest BCUT2D eigenvalue weighted by molar-refractivity contribution is 7.86. The largest absolute Gasteiger partial charge is 0.384 e.